The van der Waals surface area contributed by atoms with Gasteiger partial charge in [-0.15, -0.1) is 0 Å². The first-order valence-electron chi connectivity index (χ1n) is 9.16. The third-order valence-corrected chi connectivity index (χ3v) is 4.74. The number of guanidine groups is 1. The van der Waals surface area contributed by atoms with Gasteiger partial charge in [-0.05, 0) is 51.3 Å². The quantitative estimate of drug-likeness (QED) is 0.633. The van der Waals surface area contributed by atoms with Crippen LogP contribution in [0.2, 0.25) is 0 Å². The zero-order valence-corrected chi connectivity index (χ0v) is 15.4. The van der Waals surface area contributed by atoms with Crippen LogP contribution in [0.5, 0.6) is 11.5 Å². The molecule has 0 spiro atoms. The van der Waals surface area contributed by atoms with E-state index in [0.717, 1.165) is 56.6 Å². The molecule has 0 bridgehead atoms. The molecule has 1 fully saturated rings. The minimum absolute atomic E-state index is 0.0292. The molecular formula is C19H29N3O3. The molecule has 6 heteroatoms. The normalized spacial score (nSPS) is 19.1. The molecule has 2 aliphatic heterocycles. The van der Waals surface area contributed by atoms with Gasteiger partial charge in [-0.1, -0.05) is 6.07 Å². The summed E-state index contributed by atoms with van der Waals surface area (Å²) in [6.07, 6.45) is 1.91. The van der Waals surface area contributed by atoms with Crippen molar-refractivity contribution in [3.63, 3.8) is 0 Å². The average molecular weight is 347 g/mol. The highest BCUT2D eigenvalue weighted by Gasteiger charge is 2.35. The number of nitrogens with zero attached hydrogens (tertiary/aromatic N) is 1. The Morgan fingerprint density at radius 2 is 1.96 bits per heavy atom. The van der Waals surface area contributed by atoms with Crippen molar-refractivity contribution in [3.05, 3.63) is 23.8 Å². The summed E-state index contributed by atoms with van der Waals surface area (Å²) in [6.45, 7) is 9.71. The van der Waals surface area contributed by atoms with Gasteiger partial charge in [0.25, 0.3) is 0 Å². The first-order chi connectivity index (χ1) is 12.1. The lowest BCUT2D eigenvalue weighted by atomic mass is 9.74. The van der Waals surface area contributed by atoms with Crippen LogP contribution in [-0.4, -0.2) is 45.1 Å². The first-order valence-corrected chi connectivity index (χ1v) is 9.16. The zero-order chi connectivity index (χ0) is 17.7. The van der Waals surface area contributed by atoms with E-state index in [9.17, 15) is 0 Å². The topological polar surface area (TPSA) is 64.1 Å². The summed E-state index contributed by atoms with van der Waals surface area (Å²) in [7, 11) is 0. The second-order valence-electron chi connectivity index (χ2n) is 6.95. The minimum atomic E-state index is -0.0292. The van der Waals surface area contributed by atoms with Crippen LogP contribution in [0.25, 0.3) is 0 Å². The van der Waals surface area contributed by atoms with Crippen LogP contribution in [0.1, 0.15) is 39.2 Å². The van der Waals surface area contributed by atoms with Crippen molar-refractivity contribution in [2.75, 3.05) is 33.1 Å². The van der Waals surface area contributed by atoms with Gasteiger partial charge in [0.15, 0.2) is 17.5 Å². The van der Waals surface area contributed by atoms with Crippen molar-refractivity contribution in [2.24, 2.45) is 4.99 Å². The smallest absolute Gasteiger partial charge is 0.231 e. The van der Waals surface area contributed by atoms with Crippen LogP contribution in [-0.2, 0) is 10.2 Å². The number of nitrogens with one attached hydrogen (secondary N) is 2. The van der Waals surface area contributed by atoms with Crippen LogP contribution in [0, 0.1) is 0 Å². The van der Waals surface area contributed by atoms with E-state index in [-0.39, 0.29) is 5.41 Å². The van der Waals surface area contributed by atoms with Crippen molar-refractivity contribution in [2.45, 2.75) is 45.1 Å². The molecule has 0 aromatic heterocycles. The molecule has 0 amide bonds. The van der Waals surface area contributed by atoms with Gasteiger partial charge in [0, 0.05) is 31.2 Å². The lowest BCUT2D eigenvalue weighted by Crippen LogP contribution is -2.43. The number of fused-ring (bicyclic) bond motifs is 1. The number of benzene rings is 1. The van der Waals surface area contributed by atoms with Crippen molar-refractivity contribution < 1.29 is 14.2 Å². The summed E-state index contributed by atoms with van der Waals surface area (Å²) in [4.78, 5) is 4.89. The molecule has 2 N–H and O–H groups in total. The fourth-order valence-corrected chi connectivity index (χ4v) is 3.35. The first kappa shape index (κ1) is 17.9. The van der Waals surface area contributed by atoms with Crippen molar-refractivity contribution in [3.8, 4) is 11.5 Å². The van der Waals surface area contributed by atoms with Crippen LogP contribution >= 0.6 is 0 Å². The van der Waals surface area contributed by atoms with Gasteiger partial charge in [0.1, 0.15) is 0 Å². The molecule has 0 atom stereocenters. The highest BCUT2D eigenvalue weighted by molar-refractivity contribution is 5.80. The number of hydrogen-bond donors (Lipinski definition) is 2. The van der Waals surface area contributed by atoms with E-state index in [4.69, 9.17) is 19.2 Å². The maximum absolute atomic E-state index is 5.62. The third-order valence-electron chi connectivity index (χ3n) is 4.74. The van der Waals surface area contributed by atoms with Crippen molar-refractivity contribution >= 4 is 5.96 Å². The Kier molecular flexibility index (Phi) is 5.68. The van der Waals surface area contributed by atoms with Crippen LogP contribution in [0.3, 0.4) is 0 Å². The number of ether oxygens (including phenoxy) is 3. The molecule has 0 saturated carbocycles. The molecule has 1 aromatic rings. The molecular weight excluding hydrogens is 318 g/mol. The lowest BCUT2D eigenvalue weighted by molar-refractivity contribution is 0.0530. The summed E-state index contributed by atoms with van der Waals surface area (Å²) >= 11 is 0. The van der Waals surface area contributed by atoms with Crippen LogP contribution in [0.15, 0.2) is 23.2 Å². The van der Waals surface area contributed by atoms with E-state index in [1.807, 2.05) is 6.07 Å². The predicted octanol–water partition coefficient (Wildman–Crippen LogP) is 2.43. The molecule has 0 unspecified atom stereocenters. The largest absolute Gasteiger partial charge is 0.454 e. The standard InChI is InChI=1S/C19H29N3O3/c1-4-20-18(22-14(2)3)21-12-19(7-9-23-10-8-19)15-5-6-16-17(11-15)25-13-24-16/h5-6,11,14H,4,7-10,12-13H2,1-3H3,(H2,20,21,22). The van der Waals surface area contributed by atoms with E-state index in [1.54, 1.807) is 0 Å². The highest BCUT2D eigenvalue weighted by Crippen LogP contribution is 2.41. The number of hydrogen-bond acceptors (Lipinski definition) is 4. The molecule has 138 valence electrons. The second kappa shape index (κ2) is 7.95. The van der Waals surface area contributed by atoms with Crippen LogP contribution < -0.4 is 20.1 Å². The maximum atomic E-state index is 5.62. The summed E-state index contributed by atoms with van der Waals surface area (Å²) in [6, 6.07) is 6.62. The van der Waals surface area contributed by atoms with Gasteiger partial charge < -0.3 is 24.8 Å². The molecule has 6 nitrogen and oxygen atoms in total. The van der Waals surface area contributed by atoms with Gasteiger partial charge in [-0.2, -0.15) is 0 Å². The van der Waals surface area contributed by atoms with E-state index < -0.39 is 0 Å². The molecule has 3 rings (SSSR count). The summed E-state index contributed by atoms with van der Waals surface area (Å²) in [5.74, 6) is 2.52. The summed E-state index contributed by atoms with van der Waals surface area (Å²) in [5.41, 5.74) is 1.22. The molecule has 25 heavy (non-hydrogen) atoms. The predicted molar refractivity (Wildman–Crippen MR) is 98.5 cm³/mol. The Morgan fingerprint density at radius 3 is 2.68 bits per heavy atom. The average Bonchev–Trinajstić information content (AvgIpc) is 3.08. The van der Waals surface area contributed by atoms with Crippen molar-refractivity contribution in [1.82, 2.24) is 10.6 Å². The molecule has 1 saturated heterocycles. The van der Waals surface area contributed by atoms with E-state index in [0.29, 0.717) is 12.8 Å². The Labute approximate surface area is 149 Å². The number of rotatable bonds is 5. The Bertz CT molecular complexity index is 610. The van der Waals surface area contributed by atoms with Gasteiger partial charge in [0.2, 0.25) is 6.79 Å². The third kappa shape index (κ3) is 4.18. The molecule has 0 aliphatic carbocycles. The van der Waals surface area contributed by atoms with Crippen LogP contribution in [0.4, 0.5) is 0 Å². The van der Waals surface area contributed by atoms with Gasteiger partial charge in [0.05, 0.1) is 6.54 Å². The maximum Gasteiger partial charge on any atom is 0.231 e. The van der Waals surface area contributed by atoms with E-state index in [1.165, 1.54) is 5.56 Å². The Hall–Kier alpha value is -1.95. The van der Waals surface area contributed by atoms with Gasteiger partial charge in [-0.25, -0.2) is 0 Å². The minimum Gasteiger partial charge on any atom is -0.454 e. The fraction of sp³-hybridized carbons (Fsp3) is 0.632. The summed E-state index contributed by atoms with van der Waals surface area (Å²) < 4.78 is 16.7. The Morgan fingerprint density at radius 1 is 1.20 bits per heavy atom. The Balaban J connectivity index is 1.85. The monoisotopic (exact) mass is 347 g/mol. The lowest BCUT2D eigenvalue weighted by Gasteiger charge is -2.36. The molecule has 0 radical (unpaired) electrons. The SMILES string of the molecule is CCNC(=NCC1(c2ccc3c(c2)OCO3)CCOCC1)NC(C)C. The van der Waals surface area contributed by atoms with E-state index in [2.05, 4.69) is 43.5 Å². The zero-order valence-electron chi connectivity index (χ0n) is 15.4. The van der Waals surface area contributed by atoms with Gasteiger partial charge >= 0.3 is 0 Å². The van der Waals surface area contributed by atoms with Gasteiger partial charge in [-0.3, -0.25) is 4.99 Å². The second-order valence-corrected chi connectivity index (χ2v) is 6.95. The molecule has 2 aliphatic rings. The van der Waals surface area contributed by atoms with Crippen molar-refractivity contribution in [1.29, 1.82) is 0 Å². The molecule has 2 heterocycles. The highest BCUT2D eigenvalue weighted by atomic mass is 16.7. The summed E-state index contributed by atoms with van der Waals surface area (Å²) in [5, 5.41) is 6.72. The fourth-order valence-electron chi connectivity index (χ4n) is 3.35. The number of aliphatic imine (C=N–C) groups is 1. The molecule has 1 aromatic carbocycles. The van der Waals surface area contributed by atoms with E-state index >= 15 is 0 Å².